The van der Waals surface area contributed by atoms with Crippen molar-refractivity contribution in [2.24, 2.45) is 5.73 Å². The molecule has 0 aliphatic heterocycles. The number of anilines is 1. The molecule has 0 bridgehead atoms. The molecule has 0 aliphatic rings. The molecule has 10 nitrogen and oxygen atoms in total. The van der Waals surface area contributed by atoms with Crippen LogP contribution in [-0.2, 0) is 24.6 Å². The monoisotopic (exact) mass is 408 g/mol. The number of esters is 2. The topological polar surface area (TPSA) is 164 Å². The molecule has 1 rings (SSSR count). The van der Waals surface area contributed by atoms with E-state index in [9.17, 15) is 14.4 Å². The predicted octanol–water partition coefficient (Wildman–Crippen LogP) is 2.14. The highest BCUT2D eigenvalue weighted by Gasteiger charge is 2.49. The SMILES string of the molecule is CC(C)(C)OC(=O)C(N)(C(=O)OC(C)(C)C)c1ccc(NC(=N)NC(=O)O)cc1. The van der Waals surface area contributed by atoms with Crippen LogP contribution in [0.5, 0.6) is 0 Å². The molecule has 0 fully saturated rings. The molecule has 160 valence electrons. The van der Waals surface area contributed by atoms with E-state index in [0.29, 0.717) is 5.69 Å². The first-order valence-electron chi connectivity index (χ1n) is 8.76. The summed E-state index contributed by atoms with van der Waals surface area (Å²) in [5.41, 5.74) is 2.70. The first kappa shape index (κ1) is 23.9. The van der Waals surface area contributed by atoms with Crippen molar-refractivity contribution >= 4 is 29.7 Å². The molecule has 0 saturated heterocycles. The van der Waals surface area contributed by atoms with Crippen molar-refractivity contribution in [3.63, 3.8) is 0 Å². The van der Waals surface area contributed by atoms with Crippen molar-refractivity contribution in [1.82, 2.24) is 5.32 Å². The van der Waals surface area contributed by atoms with Crippen molar-refractivity contribution in [3.8, 4) is 0 Å². The zero-order valence-corrected chi connectivity index (χ0v) is 17.4. The number of rotatable bonds is 4. The lowest BCUT2D eigenvalue weighted by atomic mass is 9.90. The Bertz CT molecular complexity index is 762. The van der Waals surface area contributed by atoms with Crippen LogP contribution >= 0.6 is 0 Å². The Kier molecular flexibility index (Phi) is 6.99. The minimum Gasteiger partial charge on any atom is -0.465 e. The van der Waals surface area contributed by atoms with E-state index in [1.54, 1.807) is 41.5 Å². The van der Waals surface area contributed by atoms with Crippen LogP contribution in [-0.4, -0.2) is 40.3 Å². The second-order valence-electron chi connectivity index (χ2n) is 8.32. The van der Waals surface area contributed by atoms with E-state index in [1.807, 2.05) is 5.32 Å². The van der Waals surface area contributed by atoms with Gasteiger partial charge >= 0.3 is 18.0 Å². The number of amides is 1. The van der Waals surface area contributed by atoms with E-state index in [0.717, 1.165) is 0 Å². The van der Waals surface area contributed by atoms with Gasteiger partial charge in [-0.2, -0.15) is 0 Å². The predicted molar refractivity (Wildman–Crippen MR) is 107 cm³/mol. The van der Waals surface area contributed by atoms with E-state index in [-0.39, 0.29) is 5.56 Å². The van der Waals surface area contributed by atoms with E-state index >= 15 is 0 Å². The van der Waals surface area contributed by atoms with Gasteiger partial charge in [-0.25, -0.2) is 14.4 Å². The number of benzene rings is 1. The van der Waals surface area contributed by atoms with Crippen LogP contribution < -0.4 is 16.4 Å². The number of carbonyl (C=O) groups is 3. The molecule has 6 N–H and O–H groups in total. The van der Waals surface area contributed by atoms with Crippen LogP contribution in [0.4, 0.5) is 10.5 Å². The van der Waals surface area contributed by atoms with Gasteiger partial charge < -0.3 is 25.6 Å². The zero-order chi connectivity index (χ0) is 22.6. The number of guanidine groups is 1. The number of carboxylic acid groups (broad SMARTS) is 1. The Morgan fingerprint density at radius 2 is 1.34 bits per heavy atom. The van der Waals surface area contributed by atoms with Crippen LogP contribution in [0.2, 0.25) is 0 Å². The molecular formula is C19H28N4O6. The fraction of sp³-hybridized carbons (Fsp3) is 0.474. The number of nitrogens with one attached hydrogen (secondary N) is 3. The quantitative estimate of drug-likeness (QED) is 0.219. The fourth-order valence-corrected chi connectivity index (χ4v) is 2.14. The van der Waals surface area contributed by atoms with E-state index in [4.69, 9.17) is 25.7 Å². The smallest absolute Gasteiger partial charge is 0.411 e. The van der Waals surface area contributed by atoms with Crippen LogP contribution in [0.25, 0.3) is 0 Å². The largest absolute Gasteiger partial charge is 0.465 e. The summed E-state index contributed by atoms with van der Waals surface area (Å²) in [6.45, 7) is 9.88. The summed E-state index contributed by atoms with van der Waals surface area (Å²) in [6, 6.07) is 5.65. The van der Waals surface area contributed by atoms with Gasteiger partial charge in [-0.3, -0.25) is 10.7 Å². The molecule has 0 radical (unpaired) electrons. The molecule has 0 spiro atoms. The second kappa shape index (κ2) is 8.48. The maximum atomic E-state index is 12.8. The summed E-state index contributed by atoms with van der Waals surface area (Å²) < 4.78 is 10.7. The lowest BCUT2D eigenvalue weighted by Gasteiger charge is -2.32. The van der Waals surface area contributed by atoms with Crippen LogP contribution in [0.1, 0.15) is 47.1 Å². The first-order valence-corrected chi connectivity index (χ1v) is 8.76. The summed E-state index contributed by atoms with van der Waals surface area (Å²) in [4.78, 5) is 36.2. The van der Waals surface area contributed by atoms with Gasteiger partial charge in [0.05, 0.1) is 0 Å². The summed E-state index contributed by atoms with van der Waals surface area (Å²) in [5, 5.41) is 20.4. The highest BCUT2D eigenvalue weighted by molar-refractivity contribution is 6.06. The standard InChI is InChI=1S/C19H28N4O6/c1-17(2,3)28-13(24)19(21,14(25)29-18(4,5)6)11-7-9-12(10-8-11)22-15(20)23-16(26)27/h7-10H,21H2,1-6H3,(H,26,27)(H3,20,22,23). The number of hydrogen-bond acceptors (Lipinski definition) is 7. The number of carbonyl (C=O) groups excluding carboxylic acids is 2. The summed E-state index contributed by atoms with van der Waals surface area (Å²) >= 11 is 0. The average Bonchev–Trinajstić information content (AvgIpc) is 2.50. The Morgan fingerprint density at radius 1 is 0.931 bits per heavy atom. The minimum atomic E-state index is -2.22. The third-order valence-electron chi connectivity index (χ3n) is 3.28. The fourth-order valence-electron chi connectivity index (χ4n) is 2.14. The number of hydrogen-bond donors (Lipinski definition) is 5. The van der Waals surface area contributed by atoms with Crippen molar-refractivity contribution in [2.75, 3.05) is 5.32 Å². The Hall–Kier alpha value is -3.14. The lowest BCUT2D eigenvalue weighted by Crippen LogP contribution is -2.56. The molecule has 29 heavy (non-hydrogen) atoms. The molecule has 1 amide bonds. The second-order valence-corrected chi connectivity index (χ2v) is 8.32. The Balaban J connectivity index is 3.25. The molecule has 0 aromatic heterocycles. The summed E-state index contributed by atoms with van der Waals surface area (Å²) in [6.07, 6.45) is -1.39. The molecular weight excluding hydrogens is 380 g/mol. The average molecular weight is 408 g/mol. The molecule has 0 unspecified atom stereocenters. The third kappa shape index (κ3) is 7.07. The van der Waals surface area contributed by atoms with Gasteiger partial charge in [-0.05, 0) is 59.2 Å². The zero-order valence-electron chi connectivity index (χ0n) is 17.4. The number of ether oxygens (including phenoxy) is 2. The lowest BCUT2D eigenvalue weighted by molar-refractivity contribution is -0.177. The van der Waals surface area contributed by atoms with Crippen LogP contribution in [0.3, 0.4) is 0 Å². The molecule has 0 atom stereocenters. The van der Waals surface area contributed by atoms with E-state index in [1.165, 1.54) is 24.3 Å². The van der Waals surface area contributed by atoms with Crippen molar-refractivity contribution in [3.05, 3.63) is 29.8 Å². The molecule has 0 aliphatic carbocycles. The van der Waals surface area contributed by atoms with Gasteiger partial charge in [-0.1, -0.05) is 12.1 Å². The van der Waals surface area contributed by atoms with E-state index in [2.05, 4.69) is 5.32 Å². The first-order chi connectivity index (χ1) is 13.0. The number of nitrogens with two attached hydrogens (primary N) is 1. The molecule has 0 heterocycles. The van der Waals surface area contributed by atoms with E-state index < -0.39 is 40.7 Å². The van der Waals surface area contributed by atoms with Crippen molar-refractivity contribution in [2.45, 2.75) is 58.3 Å². The van der Waals surface area contributed by atoms with Crippen LogP contribution in [0, 0.1) is 5.41 Å². The van der Waals surface area contributed by atoms with Gasteiger partial charge in [-0.15, -0.1) is 0 Å². The van der Waals surface area contributed by atoms with Crippen LogP contribution in [0.15, 0.2) is 24.3 Å². The third-order valence-corrected chi connectivity index (χ3v) is 3.28. The molecule has 1 aromatic carbocycles. The minimum absolute atomic E-state index is 0.115. The van der Waals surface area contributed by atoms with Gasteiger partial charge in [0, 0.05) is 5.69 Å². The maximum Gasteiger partial charge on any atom is 0.411 e. The normalized spacial score (nSPS) is 12.0. The van der Waals surface area contributed by atoms with Gasteiger partial charge in [0.25, 0.3) is 0 Å². The maximum absolute atomic E-state index is 12.8. The summed E-state index contributed by atoms with van der Waals surface area (Å²) in [7, 11) is 0. The molecule has 10 heteroatoms. The molecule has 0 saturated carbocycles. The van der Waals surface area contributed by atoms with Gasteiger partial charge in [0.1, 0.15) is 11.2 Å². The highest BCUT2D eigenvalue weighted by Crippen LogP contribution is 2.28. The van der Waals surface area contributed by atoms with Crippen molar-refractivity contribution < 1.29 is 29.0 Å². The summed E-state index contributed by atoms with van der Waals surface area (Å²) in [5.74, 6) is -2.41. The molecule has 1 aromatic rings. The highest BCUT2D eigenvalue weighted by atomic mass is 16.6. The van der Waals surface area contributed by atoms with Crippen molar-refractivity contribution in [1.29, 1.82) is 5.41 Å². The van der Waals surface area contributed by atoms with Gasteiger partial charge in [0.15, 0.2) is 0 Å². The Morgan fingerprint density at radius 3 is 1.69 bits per heavy atom. The van der Waals surface area contributed by atoms with Gasteiger partial charge in [0.2, 0.25) is 11.5 Å². The Labute approximate surface area is 169 Å².